The summed E-state index contributed by atoms with van der Waals surface area (Å²) >= 11 is 0. The van der Waals surface area contributed by atoms with Crippen LogP contribution in [0, 0.1) is 5.92 Å². The summed E-state index contributed by atoms with van der Waals surface area (Å²) < 4.78 is 10.4. The number of rotatable bonds is 4. The maximum absolute atomic E-state index is 13.3. The number of carbonyl (C=O) groups excluding carboxylic acids is 4. The number of ketones is 2. The van der Waals surface area contributed by atoms with E-state index in [-0.39, 0.29) is 62.9 Å². The molecule has 180 valence electrons. The smallest absolute Gasteiger partial charge is 0.410 e. The summed E-state index contributed by atoms with van der Waals surface area (Å²) in [6, 6.07) is -0.0226. The Hall–Kier alpha value is -2.46. The van der Waals surface area contributed by atoms with Gasteiger partial charge in [-0.2, -0.15) is 0 Å². The third-order valence-electron chi connectivity index (χ3n) is 5.62. The molecule has 0 aromatic heterocycles. The predicted molar refractivity (Wildman–Crippen MR) is 118 cm³/mol. The fraction of sp³-hybridized carbons (Fsp3) is 0.727. The maximum atomic E-state index is 13.3. The van der Waals surface area contributed by atoms with E-state index in [1.54, 1.807) is 40.0 Å². The second-order valence-electron chi connectivity index (χ2n) is 9.35. The number of hydrogen-bond donors (Lipinski definition) is 2. The first-order valence-corrected chi connectivity index (χ1v) is 10.9. The Morgan fingerprint density at radius 1 is 1.03 bits per heavy atom. The lowest BCUT2D eigenvalue weighted by Gasteiger charge is -2.49. The molecule has 0 saturated carbocycles. The van der Waals surface area contributed by atoms with E-state index >= 15 is 0 Å². The number of ether oxygens (including phenoxy) is 2. The third kappa shape index (κ3) is 6.07. The van der Waals surface area contributed by atoms with Crippen LogP contribution in [0.4, 0.5) is 9.59 Å². The second kappa shape index (κ2) is 10.4. The highest BCUT2D eigenvalue weighted by atomic mass is 16.6. The van der Waals surface area contributed by atoms with Crippen molar-refractivity contribution in [2.24, 2.45) is 5.92 Å². The van der Waals surface area contributed by atoms with Crippen molar-refractivity contribution in [3.63, 3.8) is 0 Å². The molecule has 0 unspecified atom stereocenters. The molecule has 0 aromatic rings. The van der Waals surface area contributed by atoms with Gasteiger partial charge in [0.1, 0.15) is 18.8 Å². The van der Waals surface area contributed by atoms with Gasteiger partial charge < -0.3 is 24.6 Å². The van der Waals surface area contributed by atoms with E-state index in [0.717, 1.165) is 0 Å². The van der Waals surface area contributed by atoms with E-state index < -0.39 is 23.3 Å². The zero-order valence-corrected chi connectivity index (χ0v) is 19.9. The molecule has 0 aliphatic carbocycles. The van der Waals surface area contributed by atoms with Gasteiger partial charge in [0.05, 0.1) is 25.2 Å². The average Bonchev–Trinajstić information content (AvgIpc) is 2.67. The number of amides is 2. The number of carbonyl (C=O) groups is 4. The highest BCUT2D eigenvalue weighted by Crippen LogP contribution is 2.26. The quantitative estimate of drug-likeness (QED) is 0.606. The summed E-state index contributed by atoms with van der Waals surface area (Å²) in [5.41, 5.74) is -2.07. The van der Waals surface area contributed by atoms with Gasteiger partial charge in [-0.1, -0.05) is 13.8 Å². The Morgan fingerprint density at radius 3 is 2.12 bits per heavy atom. The van der Waals surface area contributed by atoms with Gasteiger partial charge in [0.25, 0.3) is 0 Å². The van der Waals surface area contributed by atoms with Crippen LogP contribution in [-0.2, 0) is 19.1 Å². The van der Waals surface area contributed by atoms with Crippen LogP contribution >= 0.6 is 0 Å². The normalized spacial score (nSPS) is 28.3. The number of Topliss-reactive ketones (excluding diaryl/α,β-unsaturated/α-hetero) is 2. The Bertz CT molecular complexity index is 760. The molecule has 3 heterocycles. The molecule has 1 saturated heterocycles. The first kappa shape index (κ1) is 25.8. The number of nitrogens with zero attached hydrogens (tertiary/aromatic N) is 2. The Labute approximate surface area is 189 Å². The van der Waals surface area contributed by atoms with Crippen molar-refractivity contribution in [2.75, 3.05) is 46.4 Å². The molecule has 32 heavy (non-hydrogen) atoms. The minimum Gasteiger partial charge on any atom is -0.445 e. The van der Waals surface area contributed by atoms with Crippen LogP contribution in [0.5, 0.6) is 0 Å². The molecule has 1 atom stereocenters. The molecule has 3 aliphatic heterocycles. The third-order valence-corrected chi connectivity index (χ3v) is 5.62. The molecule has 2 amide bonds. The highest BCUT2D eigenvalue weighted by Gasteiger charge is 2.52. The van der Waals surface area contributed by atoms with Crippen molar-refractivity contribution in [1.82, 2.24) is 20.4 Å². The summed E-state index contributed by atoms with van der Waals surface area (Å²) in [4.78, 5) is 53.7. The monoisotopic (exact) mass is 452 g/mol. The van der Waals surface area contributed by atoms with E-state index in [0.29, 0.717) is 0 Å². The second-order valence-corrected chi connectivity index (χ2v) is 9.35. The lowest BCUT2D eigenvalue weighted by Crippen LogP contribution is -2.76. The maximum Gasteiger partial charge on any atom is 0.410 e. The molecule has 0 spiro atoms. The van der Waals surface area contributed by atoms with E-state index in [1.807, 2.05) is 13.8 Å². The first-order valence-electron chi connectivity index (χ1n) is 10.9. The molecule has 3 aliphatic rings. The average molecular weight is 453 g/mol. The standard InChI is InChI=1S/C22H36N4O6/c1-15(2)18(28)22-13-26(14-22)20(30)32-10-8-7-9-31-19(29)25(6)12-21(5,24-16(3)4)17(27)11-23-22/h7-8,15-16,23-24H,9-14H2,1-6H3/t21-/m1/s1. The number of likely N-dealkylation sites (N-methyl/N-ethyl adjacent to an activating group) is 1. The van der Waals surface area contributed by atoms with E-state index in [9.17, 15) is 19.2 Å². The molecule has 0 radical (unpaired) electrons. The zero-order valence-electron chi connectivity index (χ0n) is 19.9. The van der Waals surface area contributed by atoms with Gasteiger partial charge in [-0.05, 0) is 32.9 Å². The lowest BCUT2D eigenvalue weighted by molar-refractivity contribution is -0.136. The van der Waals surface area contributed by atoms with Crippen molar-refractivity contribution < 1.29 is 28.7 Å². The molecule has 1 fully saturated rings. The summed E-state index contributed by atoms with van der Waals surface area (Å²) in [5, 5.41) is 6.37. The first-order chi connectivity index (χ1) is 14.9. The van der Waals surface area contributed by atoms with Crippen LogP contribution < -0.4 is 10.6 Å². The van der Waals surface area contributed by atoms with Gasteiger partial charge in [-0.25, -0.2) is 9.59 Å². The minimum atomic E-state index is -1.07. The van der Waals surface area contributed by atoms with E-state index in [2.05, 4.69) is 10.6 Å². The Balaban J connectivity index is 2.30. The molecule has 10 heteroatoms. The van der Waals surface area contributed by atoms with Gasteiger partial charge in [0.15, 0.2) is 11.6 Å². The van der Waals surface area contributed by atoms with Crippen LogP contribution in [0.2, 0.25) is 0 Å². The van der Waals surface area contributed by atoms with Crippen molar-refractivity contribution in [3.05, 3.63) is 12.2 Å². The van der Waals surface area contributed by atoms with Crippen molar-refractivity contribution >= 4 is 23.8 Å². The number of fused-ring (bicyclic) bond motifs is 12. The number of nitrogens with one attached hydrogen (secondary N) is 2. The summed E-state index contributed by atoms with van der Waals surface area (Å²) in [7, 11) is 1.57. The Kier molecular flexibility index (Phi) is 8.41. The van der Waals surface area contributed by atoms with Crippen LogP contribution in [0.1, 0.15) is 34.6 Å². The Morgan fingerprint density at radius 2 is 1.59 bits per heavy atom. The summed E-state index contributed by atoms with van der Waals surface area (Å²) in [6.07, 6.45) is 2.05. The number of hydrogen-bond acceptors (Lipinski definition) is 8. The highest BCUT2D eigenvalue weighted by molar-refractivity contribution is 5.95. The topological polar surface area (TPSA) is 117 Å². The molecule has 3 rings (SSSR count). The molecule has 2 N–H and O–H groups in total. The fourth-order valence-corrected chi connectivity index (χ4v) is 4.05. The predicted octanol–water partition coefficient (Wildman–Crippen LogP) is 0.956. The van der Waals surface area contributed by atoms with Gasteiger partial charge >= 0.3 is 12.2 Å². The van der Waals surface area contributed by atoms with Crippen molar-refractivity contribution in [3.8, 4) is 0 Å². The van der Waals surface area contributed by atoms with Crippen LogP contribution in [0.15, 0.2) is 12.2 Å². The van der Waals surface area contributed by atoms with E-state index in [4.69, 9.17) is 9.47 Å². The molecule has 2 bridgehead atoms. The van der Waals surface area contributed by atoms with Crippen molar-refractivity contribution in [1.29, 1.82) is 0 Å². The van der Waals surface area contributed by atoms with Gasteiger partial charge in [-0.3, -0.25) is 14.9 Å². The molecular weight excluding hydrogens is 416 g/mol. The fourth-order valence-electron chi connectivity index (χ4n) is 4.05. The summed E-state index contributed by atoms with van der Waals surface area (Å²) in [5.74, 6) is -0.535. The minimum absolute atomic E-state index is 0.0142. The van der Waals surface area contributed by atoms with E-state index in [1.165, 1.54) is 9.80 Å². The van der Waals surface area contributed by atoms with Crippen molar-refractivity contribution in [2.45, 2.75) is 51.7 Å². The van der Waals surface area contributed by atoms with Crippen LogP contribution in [0.3, 0.4) is 0 Å². The van der Waals surface area contributed by atoms with Gasteiger partial charge in [0.2, 0.25) is 0 Å². The van der Waals surface area contributed by atoms with Gasteiger partial charge in [-0.15, -0.1) is 0 Å². The lowest BCUT2D eigenvalue weighted by atomic mass is 9.80. The van der Waals surface area contributed by atoms with Crippen LogP contribution in [-0.4, -0.2) is 97.1 Å². The molecule has 10 nitrogen and oxygen atoms in total. The largest absolute Gasteiger partial charge is 0.445 e. The molecular formula is C22H36N4O6. The van der Waals surface area contributed by atoms with Crippen LogP contribution in [0.25, 0.3) is 0 Å². The van der Waals surface area contributed by atoms with Gasteiger partial charge in [0, 0.05) is 25.6 Å². The molecule has 0 aromatic carbocycles. The summed E-state index contributed by atoms with van der Waals surface area (Å²) in [6.45, 7) is 9.44. The SMILES string of the molecule is CC(C)N[C@]1(C)CN(C)C(=O)OCC=CCOC(=O)N2CC(C(=O)C(C)C)(C2)NCC1=O. The zero-order chi connectivity index (χ0) is 24.1.